The molecule has 0 bridgehead atoms. The Hall–Kier alpha value is -2.63. The van der Waals surface area contributed by atoms with Crippen molar-refractivity contribution >= 4 is 11.7 Å². The number of nitrogens with zero attached hydrogens (tertiary/aromatic N) is 3. The van der Waals surface area contributed by atoms with E-state index in [-0.39, 0.29) is 5.91 Å². The monoisotopic (exact) mass is 354 g/mol. The van der Waals surface area contributed by atoms with Gasteiger partial charge in [-0.3, -0.25) is 4.79 Å². The summed E-state index contributed by atoms with van der Waals surface area (Å²) in [6.45, 7) is 4.78. The molecule has 3 rings (SSSR count). The number of piperidine rings is 1. The summed E-state index contributed by atoms with van der Waals surface area (Å²) >= 11 is 0. The quantitative estimate of drug-likeness (QED) is 0.864. The van der Waals surface area contributed by atoms with Crippen LogP contribution in [0, 0.1) is 5.92 Å². The summed E-state index contributed by atoms with van der Waals surface area (Å²) < 4.78 is 5.33. The van der Waals surface area contributed by atoms with Gasteiger partial charge in [-0.1, -0.05) is 25.1 Å². The highest BCUT2D eigenvalue weighted by Gasteiger charge is 2.18. The Kier molecular flexibility index (Phi) is 6.04. The smallest absolute Gasteiger partial charge is 0.271 e. The lowest BCUT2D eigenvalue weighted by molar-refractivity contribution is 0.0948. The molecular weight excluding hydrogens is 328 g/mol. The van der Waals surface area contributed by atoms with Gasteiger partial charge < -0.3 is 15.0 Å². The number of anilines is 1. The molecule has 0 radical (unpaired) electrons. The summed E-state index contributed by atoms with van der Waals surface area (Å²) in [5.74, 6) is 2.15. The molecule has 1 aromatic carbocycles. The molecule has 2 aromatic rings. The topological polar surface area (TPSA) is 67.3 Å². The molecule has 0 saturated carbocycles. The number of benzene rings is 1. The first-order valence-electron chi connectivity index (χ1n) is 9.16. The fourth-order valence-corrected chi connectivity index (χ4v) is 3.32. The summed E-state index contributed by atoms with van der Waals surface area (Å²) in [6, 6.07) is 11.5. The maximum atomic E-state index is 12.3. The number of rotatable bonds is 6. The van der Waals surface area contributed by atoms with Gasteiger partial charge in [0.15, 0.2) is 11.5 Å². The van der Waals surface area contributed by atoms with E-state index in [1.807, 2.05) is 30.3 Å². The number of aromatic nitrogens is 2. The Morgan fingerprint density at radius 3 is 2.85 bits per heavy atom. The Balaban J connectivity index is 1.53. The summed E-state index contributed by atoms with van der Waals surface area (Å²) in [7, 11) is 1.65. The number of carbonyl (C=O) groups is 1. The van der Waals surface area contributed by atoms with Gasteiger partial charge in [0.05, 0.1) is 7.11 Å². The minimum atomic E-state index is -0.203. The van der Waals surface area contributed by atoms with Crippen LogP contribution in [0.2, 0.25) is 0 Å². The van der Waals surface area contributed by atoms with E-state index in [2.05, 4.69) is 27.3 Å². The van der Waals surface area contributed by atoms with Crippen LogP contribution in [0.4, 0.5) is 5.82 Å². The van der Waals surface area contributed by atoms with Crippen molar-refractivity contribution in [2.75, 3.05) is 31.6 Å². The predicted octanol–water partition coefficient (Wildman–Crippen LogP) is 2.69. The molecule has 1 saturated heterocycles. The van der Waals surface area contributed by atoms with Crippen molar-refractivity contribution in [1.29, 1.82) is 0 Å². The Morgan fingerprint density at radius 1 is 1.27 bits per heavy atom. The molecule has 0 aliphatic carbocycles. The molecule has 1 aromatic heterocycles. The van der Waals surface area contributed by atoms with E-state index in [0.717, 1.165) is 30.2 Å². The average molecular weight is 354 g/mol. The zero-order valence-electron chi connectivity index (χ0n) is 15.4. The average Bonchev–Trinajstić information content (AvgIpc) is 2.68. The van der Waals surface area contributed by atoms with Gasteiger partial charge in [0.2, 0.25) is 0 Å². The summed E-state index contributed by atoms with van der Waals surface area (Å²) in [5, 5.41) is 11.3. The first-order chi connectivity index (χ1) is 12.7. The van der Waals surface area contributed by atoms with Crippen LogP contribution in [0.1, 0.15) is 35.8 Å². The fraction of sp³-hybridized carbons (Fsp3) is 0.450. The van der Waals surface area contributed by atoms with Crippen LogP contribution in [-0.2, 0) is 6.42 Å². The second kappa shape index (κ2) is 8.65. The van der Waals surface area contributed by atoms with Crippen LogP contribution < -0.4 is 15.0 Å². The summed E-state index contributed by atoms with van der Waals surface area (Å²) in [6.07, 6.45) is 3.14. The van der Waals surface area contributed by atoms with Crippen LogP contribution in [0.3, 0.4) is 0 Å². The summed E-state index contributed by atoms with van der Waals surface area (Å²) in [5.41, 5.74) is 1.41. The van der Waals surface area contributed by atoms with Crippen molar-refractivity contribution in [3.63, 3.8) is 0 Å². The van der Waals surface area contributed by atoms with Crippen molar-refractivity contribution in [3.8, 4) is 5.75 Å². The van der Waals surface area contributed by atoms with Crippen molar-refractivity contribution in [1.82, 2.24) is 15.5 Å². The Bertz CT molecular complexity index is 733. The summed E-state index contributed by atoms with van der Waals surface area (Å²) in [4.78, 5) is 14.5. The SMILES string of the molecule is COc1ccccc1CCNC(=O)c1ccc(N2CCCC(C)C2)nn1. The van der Waals surface area contributed by atoms with Gasteiger partial charge >= 0.3 is 0 Å². The van der Waals surface area contributed by atoms with Gasteiger partial charge in [0, 0.05) is 19.6 Å². The largest absolute Gasteiger partial charge is 0.496 e. The predicted molar refractivity (Wildman–Crippen MR) is 102 cm³/mol. The maximum Gasteiger partial charge on any atom is 0.271 e. The van der Waals surface area contributed by atoms with Gasteiger partial charge in [-0.25, -0.2) is 0 Å². The standard InChI is InChI=1S/C20H26N4O2/c1-15-6-5-13-24(14-15)19-10-9-17(22-23-19)20(25)21-12-11-16-7-3-4-8-18(16)26-2/h3-4,7-10,15H,5-6,11-14H2,1-2H3,(H,21,25). The molecule has 1 aliphatic heterocycles. The van der Waals surface area contributed by atoms with Crippen molar-refractivity contribution in [2.24, 2.45) is 5.92 Å². The van der Waals surface area contributed by atoms with Crippen molar-refractivity contribution < 1.29 is 9.53 Å². The van der Waals surface area contributed by atoms with Crippen LogP contribution in [0.25, 0.3) is 0 Å². The molecule has 0 spiro atoms. The van der Waals surface area contributed by atoms with E-state index in [1.54, 1.807) is 13.2 Å². The first kappa shape index (κ1) is 18.2. The Morgan fingerprint density at radius 2 is 2.12 bits per heavy atom. The second-order valence-electron chi connectivity index (χ2n) is 6.79. The highest BCUT2D eigenvalue weighted by molar-refractivity contribution is 5.92. The van der Waals surface area contributed by atoms with E-state index in [1.165, 1.54) is 12.8 Å². The number of amides is 1. The molecule has 1 atom stereocenters. The molecule has 1 unspecified atom stereocenters. The molecule has 6 nitrogen and oxygen atoms in total. The van der Waals surface area contributed by atoms with Crippen molar-refractivity contribution in [2.45, 2.75) is 26.2 Å². The molecule has 1 amide bonds. The molecular formula is C20H26N4O2. The third-order valence-corrected chi connectivity index (χ3v) is 4.74. The van der Waals surface area contributed by atoms with Gasteiger partial charge in [0.25, 0.3) is 5.91 Å². The van der Waals surface area contributed by atoms with Crippen LogP contribution in [0.5, 0.6) is 5.75 Å². The number of carbonyl (C=O) groups excluding carboxylic acids is 1. The minimum Gasteiger partial charge on any atom is -0.496 e. The lowest BCUT2D eigenvalue weighted by Crippen LogP contribution is -2.35. The van der Waals surface area contributed by atoms with E-state index in [0.29, 0.717) is 24.6 Å². The number of hydrogen-bond acceptors (Lipinski definition) is 5. The molecule has 138 valence electrons. The number of methoxy groups -OCH3 is 1. The number of nitrogens with one attached hydrogen (secondary N) is 1. The number of para-hydroxylation sites is 1. The van der Waals surface area contributed by atoms with Gasteiger partial charge in [-0.15, -0.1) is 10.2 Å². The lowest BCUT2D eigenvalue weighted by Gasteiger charge is -2.31. The maximum absolute atomic E-state index is 12.3. The first-order valence-corrected chi connectivity index (χ1v) is 9.16. The van der Waals surface area contributed by atoms with Crippen LogP contribution in [0.15, 0.2) is 36.4 Å². The van der Waals surface area contributed by atoms with Gasteiger partial charge in [-0.2, -0.15) is 0 Å². The third kappa shape index (κ3) is 4.50. The van der Waals surface area contributed by atoms with Crippen LogP contribution in [-0.4, -0.2) is 42.8 Å². The highest BCUT2D eigenvalue weighted by Crippen LogP contribution is 2.20. The molecule has 26 heavy (non-hydrogen) atoms. The molecule has 6 heteroatoms. The van der Waals surface area contributed by atoms with E-state index < -0.39 is 0 Å². The van der Waals surface area contributed by atoms with E-state index >= 15 is 0 Å². The molecule has 1 fully saturated rings. The zero-order valence-corrected chi connectivity index (χ0v) is 15.4. The van der Waals surface area contributed by atoms with Crippen LogP contribution >= 0.6 is 0 Å². The zero-order chi connectivity index (χ0) is 18.4. The van der Waals surface area contributed by atoms with Crippen molar-refractivity contribution in [3.05, 3.63) is 47.7 Å². The highest BCUT2D eigenvalue weighted by atomic mass is 16.5. The Labute approximate surface area is 154 Å². The molecule has 1 aliphatic rings. The van der Waals surface area contributed by atoms with E-state index in [9.17, 15) is 4.79 Å². The number of ether oxygens (including phenoxy) is 1. The number of hydrogen-bond donors (Lipinski definition) is 1. The second-order valence-corrected chi connectivity index (χ2v) is 6.79. The molecule has 1 N–H and O–H groups in total. The fourth-order valence-electron chi connectivity index (χ4n) is 3.32. The minimum absolute atomic E-state index is 0.203. The lowest BCUT2D eigenvalue weighted by atomic mass is 10.0. The third-order valence-electron chi connectivity index (χ3n) is 4.74. The molecule has 2 heterocycles. The van der Waals surface area contributed by atoms with Gasteiger partial charge in [-0.05, 0) is 48.9 Å². The van der Waals surface area contributed by atoms with E-state index in [4.69, 9.17) is 4.74 Å². The van der Waals surface area contributed by atoms with Gasteiger partial charge in [0.1, 0.15) is 5.75 Å². The normalized spacial score (nSPS) is 17.0.